The Balaban J connectivity index is 1.50. The van der Waals surface area contributed by atoms with Crippen molar-refractivity contribution >= 4 is 33.5 Å². The number of thiophene rings is 1. The number of nitrogens with zero attached hydrogens (tertiary/aromatic N) is 6. The average molecular weight is 583 g/mol. The summed E-state index contributed by atoms with van der Waals surface area (Å²) in [5.74, 6) is -0.109. The van der Waals surface area contributed by atoms with Crippen LogP contribution in [-0.2, 0) is 4.74 Å². The number of nitriles is 1. The molecule has 41 heavy (non-hydrogen) atoms. The second-order valence-corrected chi connectivity index (χ2v) is 12.6. The molecule has 1 unspecified atom stereocenters. The van der Waals surface area contributed by atoms with Gasteiger partial charge in [-0.3, -0.25) is 0 Å². The van der Waals surface area contributed by atoms with E-state index in [1.54, 1.807) is 11.0 Å². The summed E-state index contributed by atoms with van der Waals surface area (Å²) in [5.41, 5.74) is 0.0163. The van der Waals surface area contributed by atoms with Crippen LogP contribution in [0.2, 0.25) is 0 Å². The van der Waals surface area contributed by atoms with Crippen molar-refractivity contribution in [3.05, 3.63) is 30.1 Å². The number of aromatic hydroxyl groups is 1. The number of fused-ring (bicyclic) bond motifs is 1. The Morgan fingerprint density at radius 2 is 2.05 bits per heavy atom. The van der Waals surface area contributed by atoms with Crippen molar-refractivity contribution in [2.24, 2.45) is 0 Å². The lowest BCUT2D eigenvalue weighted by atomic mass is 10.1. The Morgan fingerprint density at radius 1 is 1.24 bits per heavy atom. The van der Waals surface area contributed by atoms with E-state index in [2.05, 4.69) is 23.0 Å². The summed E-state index contributed by atoms with van der Waals surface area (Å²) in [6, 6.07) is 8.20. The molecule has 0 radical (unpaired) electrons. The maximum Gasteiger partial charge on any atom is 0.410 e. The van der Waals surface area contributed by atoms with Gasteiger partial charge in [0.2, 0.25) is 0 Å². The fourth-order valence-corrected chi connectivity index (χ4v) is 6.47. The van der Waals surface area contributed by atoms with Crippen molar-refractivity contribution in [1.29, 1.82) is 5.26 Å². The van der Waals surface area contributed by atoms with Crippen molar-refractivity contribution in [1.82, 2.24) is 19.8 Å². The second-order valence-electron chi connectivity index (χ2n) is 11.5. The third-order valence-corrected chi connectivity index (χ3v) is 8.52. The van der Waals surface area contributed by atoms with E-state index in [1.165, 1.54) is 29.5 Å². The number of benzene rings is 1. The summed E-state index contributed by atoms with van der Waals surface area (Å²) in [5, 5.41) is 20.0. The number of phenolic OH excluding ortho intramolecular Hbond substituents is 1. The fourth-order valence-electron chi connectivity index (χ4n) is 5.30. The van der Waals surface area contributed by atoms with Crippen molar-refractivity contribution in [3.8, 4) is 28.3 Å². The van der Waals surface area contributed by atoms with Gasteiger partial charge in [-0.05, 0) is 65.4 Å². The molecule has 4 heterocycles. The summed E-state index contributed by atoms with van der Waals surface area (Å²) in [7, 11) is 2.07. The minimum atomic E-state index is -0.657. The van der Waals surface area contributed by atoms with Crippen LogP contribution in [0.3, 0.4) is 0 Å². The molecule has 1 amide bonds. The molecule has 2 fully saturated rings. The standard InChI is InChI=1S/C29H35FN6O4S/c1-29(2,3)40-28(38)36-14-13-35(16-18(36)10-11-31)26-25-21(15-23(41-25)24-20(30)8-5-9-22(24)37)32-27(33-26)39-17-19-7-6-12-34(19)4/h5,8-9,15,18-19,37H,6-7,10,12-14,16-17H2,1-4H3/t18?,19-/m0/s1. The molecule has 1 aromatic carbocycles. The minimum Gasteiger partial charge on any atom is -0.507 e. The number of likely N-dealkylation sites (tertiary alicyclic amines) is 1. The van der Waals surface area contributed by atoms with E-state index in [0.717, 1.165) is 19.4 Å². The number of phenols is 1. The van der Waals surface area contributed by atoms with Crippen molar-refractivity contribution in [2.75, 3.05) is 44.7 Å². The Morgan fingerprint density at radius 3 is 2.73 bits per heavy atom. The molecule has 2 aliphatic rings. The summed E-state index contributed by atoms with van der Waals surface area (Å²) in [6.45, 7) is 8.01. The molecule has 2 saturated heterocycles. The quantitative estimate of drug-likeness (QED) is 0.428. The summed E-state index contributed by atoms with van der Waals surface area (Å²) >= 11 is 1.28. The fraction of sp³-hybridized carbons (Fsp3) is 0.517. The normalized spacial score (nSPS) is 19.9. The number of carbonyl (C=O) groups excluding carboxylic acids is 1. The third-order valence-electron chi connectivity index (χ3n) is 7.38. The topological polar surface area (TPSA) is 115 Å². The van der Waals surface area contributed by atoms with Crippen LogP contribution < -0.4 is 9.64 Å². The molecular weight excluding hydrogens is 547 g/mol. The monoisotopic (exact) mass is 582 g/mol. The predicted octanol–water partition coefficient (Wildman–Crippen LogP) is 5.02. The highest BCUT2D eigenvalue weighted by atomic mass is 32.1. The molecule has 0 spiro atoms. The van der Waals surface area contributed by atoms with Gasteiger partial charge in [-0.2, -0.15) is 15.2 Å². The molecule has 218 valence electrons. The van der Waals surface area contributed by atoms with Gasteiger partial charge in [0.25, 0.3) is 0 Å². The molecule has 10 nitrogen and oxygen atoms in total. The number of rotatable bonds is 6. The zero-order valence-electron chi connectivity index (χ0n) is 23.8. The van der Waals surface area contributed by atoms with Gasteiger partial charge in [-0.15, -0.1) is 11.3 Å². The van der Waals surface area contributed by atoms with E-state index >= 15 is 0 Å². The summed E-state index contributed by atoms with van der Waals surface area (Å²) in [6.07, 6.45) is 1.81. The van der Waals surface area contributed by atoms with E-state index < -0.39 is 23.6 Å². The van der Waals surface area contributed by atoms with Crippen LogP contribution >= 0.6 is 11.3 Å². The number of piperazine rings is 1. The zero-order valence-corrected chi connectivity index (χ0v) is 24.6. The van der Waals surface area contributed by atoms with Crippen LogP contribution in [0.4, 0.5) is 15.0 Å². The molecule has 3 aromatic rings. The smallest absolute Gasteiger partial charge is 0.410 e. The third kappa shape index (κ3) is 6.31. The summed E-state index contributed by atoms with van der Waals surface area (Å²) < 4.78 is 27.2. The largest absolute Gasteiger partial charge is 0.507 e. The number of aromatic nitrogens is 2. The number of likely N-dealkylation sites (N-methyl/N-ethyl adjacent to an activating group) is 1. The van der Waals surface area contributed by atoms with E-state index in [0.29, 0.717) is 47.2 Å². The lowest BCUT2D eigenvalue weighted by Crippen LogP contribution is -2.56. The van der Waals surface area contributed by atoms with Gasteiger partial charge >= 0.3 is 12.1 Å². The lowest BCUT2D eigenvalue weighted by Gasteiger charge is -2.41. The first-order valence-corrected chi connectivity index (χ1v) is 14.6. The van der Waals surface area contributed by atoms with E-state index in [-0.39, 0.29) is 29.8 Å². The molecule has 12 heteroatoms. The molecule has 2 aromatic heterocycles. The molecule has 0 bridgehead atoms. The van der Waals surface area contributed by atoms with Gasteiger partial charge in [0, 0.05) is 30.6 Å². The van der Waals surface area contributed by atoms with Crippen LogP contribution in [0, 0.1) is 17.1 Å². The number of amides is 1. The van der Waals surface area contributed by atoms with Gasteiger partial charge < -0.3 is 29.3 Å². The van der Waals surface area contributed by atoms with Gasteiger partial charge in [0.15, 0.2) is 5.82 Å². The molecule has 0 aliphatic carbocycles. The Hall–Kier alpha value is -3.69. The molecule has 1 N–H and O–H groups in total. The van der Waals surface area contributed by atoms with Gasteiger partial charge in [0.05, 0.1) is 34.3 Å². The highest BCUT2D eigenvalue weighted by Crippen LogP contribution is 2.42. The van der Waals surface area contributed by atoms with Crippen LogP contribution in [0.25, 0.3) is 20.7 Å². The Bertz CT molecular complexity index is 1450. The van der Waals surface area contributed by atoms with Crippen LogP contribution in [-0.4, -0.2) is 88.5 Å². The van der Waals surface area contributed by atoms with Crippen LogP contribution in [0.5, 0.6) is 11.8 Å². The molecule has 5 rings (SSSR count). The Labute approximate surface area is 242 Å². The number of halogens is 1. The average Bonchev–Trinajstić information content (AvgIpc) is 3.51. The SMILES string of the molecule is CN1CCC[C@H]1COc1nc(N2CCN(C(=O)OC(C)(C)C)C(CC#N)C2)c2sc(-c3c(O)cccc3F)cc2n1. The number of hydrogen-bond donors (Lipinski definition) is 1. The van der Waals surface area contributed by atoms with E-state index in [1.807, 2.05) is 25.7 Å². The molecule has 2 atom stereocenters. The number of anilines is 1. The van der Waals surface area contributed by atoms with Crippen molar-refractivity contribution < 1.29 is 23.8 Å². The van der Waals surface area contributed by atoms with Crippen LogP contribution in [0.15, 0.2) is 24.3 Å². The van der Waals surface area contributed by atoms with Crippen LogP contribution in [0.1, 0.15) is 40.0 Å². The van der Waals surface area contributed by atoms with Gasteiger partial charge in [0.1, 0.15) is 23.8 Å². The Kier molecular flexibility index (Phi) is 8.20. The first kappa shape index (κ1) is 28.8. The first-order valence-electron chi connectivity index (χ1n) is 13.8. The van der Waals surface area contributed by atoms with E-state index in [4.69, 9.17) is 14.5 Å². The maximum absolute atomic E-state index is 14.8. The first-order chi connectivity index (χ1) is 19.5. The van der Waals surface area contributed by atoms with Crippen molar-refractivity contribution in [3.63, 3.8) is 0 Å². The summed E-state index contributed by atoms with van der Waals surface area (Å²) in [4.78, 5) is 28.8. The van der Waals surface area contributed by atoms with Gasteiger partial charge in [-0.25, -0.2) is 9.18 Å². The molecular formula is C29H35FN6O4S. The minimum absolute atomic E-state index is 0.105. The lowest BCUT2D eigenvalue weighted by molar-refractivity contribution is 0.0145. The highest BCUT2D eigenvalue weighted by molar-refractivity contribution is 7.22. The molecule has 2 aliphatic heterocycles. The number of carbonyl (C=O) groups is 1. The maximum atomic E-state index is 14.8. The van der Waals surface area contributed by atoms with Gasteiger partial charge in [-0.1, -0.05) is 6.07 Å². The molecule has 0 saturated carbocycles. The number of hydrogen-bond acceptors (Lipinski definition) is 10. The number of ether oxygens (including phenoxy) is 2. The zero-order chi connectivity index (χ0) is 29.3. The second kappa shape index (κ2) is 11.7. The predicted molar refractivity (Wildman–Crippen MR) is 155 cm³/mol. The van der Waals surface area contributed by atoms with E-state index in [9.17, 15) is 19.6 Å². The highest BCUT2D eigenvalue weighted by Gasteiger charge is 2.35. The van der Waals surface area contributed by atoms with Crippen molar-refractivity contribution in [2.45, 2.75) is 57.7 Å².